The van der Waals surface area contributed by atoms with Crippen LogP contribution < -0.4 is 15.2 Å². The number of aryl methyl sites for hydroxylation is 1. The van der Waals surface area contributed by atoms with Gasteiger partial charge in [0.05, 0.1) is 0 Å². The lowest BCUT2D eigenvalue weighted by atomic mass is 10.0. The van der Waals surface area contributed by atoms with Gasteiger partial charge in [-0.1, -0.05) is 48.5 Å². The average molecular weight is 531 g/mol. The molecule has 0 bridgehead atoms. The summed E-state index contributed by atoms with van der Waals surface area (Å²) in [6, 6.07) is 19.0. The normalized spacial score (nSPS) is 16.3. The molecular formula is C32H35FN2O4. The third-order valence-corrected chi connectivity index (χ3v) is 7.46. The highest BCUT2D eigenvalue weighted by Crippen LogP contribution is 2.40. The fourth-order valence-corrected chi connectivity index (χ4v) is 5.14. The summed E-state index contributed by atoms with van der Waals surface area (Å²) >= 11 is 0. The Morgan fingerprint density at radius 2 is 1.54 bits per heavy atom. The molecule has 204 valence electrons. The highest BCUT2D eigenvalue weighted by Gasteiger charge is 2.23. The van der Waals surface area contributed by atoms with Crippen LogP contribution in [0, 0.1) is 5.82 Å². The number of benzene rings is 3. The van der Waals surface area contributed by atoms with Crippen LogP contribution in [0.15, 0.2) is 60.7 Å². The van der Waals surface area contributed by atoms with Gasteiger partial charge in [0.15, 0.2) is 17.3 Å². The van der Waals surface area contributed by atoms with E-state index >= 15 is 0 Å². The van der Waals surface area contributed by atoms with Crippen molar-refractivity contribution in [2.45, 2.75) is 44.4 Å². The molecule has 3 aromatic rings. The first-order valence-corrected chi connectivity index (χ1v) is 13.8. The Morgan fingerprint density at radius 1 is 0.897 bits per heavy atom. The first kappa shape index (κ1) is 26.9. The van der Waals surface area contributed by atoms with Crippen LogP contribution in [0.25, 0.3) is 11.1 Å². The zero-order valence-corrected chi connectivity index (χ0v) is 22.2. The smallest absolute Gasteiger partial charge is 0.289 e. The van der Waals surface area contributed by atoms with Gasteiger partial charge >= 0.3 is 0 Å². The monoisotopic (exact) mass is 530 g/mol. The number of carbonyl (C=O) groups excluding carboxylic acids is 2. The van der Waals surface area contributed by atoms with Crippen LogP contribution in [-0.2, 0) is 11.2 Å². The molecule has 3 aliphatic rings. The van der Waals surface area contributed by atoms with E-state index in [1.54, 1.807) is 18.2 Å². The average Bonchev–Trinajstić information content (AvgIpc) is 3.69. The van der Waals surface area contributed by atoms with Crippen molar-refractivity contribution >= 4 is 11.7 Å². The molecule has 1 saturated carbocycles. The van der Waals surface area contributed by atoms with Crippen molar-refractivity contribution in [1.82, 2.24) is 4.90 Å². The fraction of sp³-hybridized carbons (Fsp3) is 0.375. The Kier molecular flexibility index (Phi) is 8.57. The number of nitrogens with two attached hydrogens (primary N) is 1. The number of halogens is 1. The maximum atomic E-state index is 13.8. The Balaban J connectivity index is 0.000000158. The van der Waals surface area contributed by atoms with Crippen LogP contribution in [0.2, 0.25) is 0 Å². The molecule has 2 N–H and O–H groups in total. The summed E-state index contributed by atoms with van der Waals surface area (Å²) in [7, 11) is 0. The molecule has 0 radical (unpaired) electrons. The van der Waals surface area contributed by atoms with Gasteiger partial charge in [0.25, 0.3) is 5.91 Å². The van der Waals surface area contributed by atoms with Crippen LogP contribution in [0.1, 0.15) is 59.5 Å². The maximum Gasteiger partial charge on any atom is 0.289 e. The SMILES string of the molecule is Fc1cc(CCCN2CCCC2)cc2c1OCCO2.NC(=O)C(=O)c1ccc(-c2ccc(C3CC3)cc2)cc1. The quantitative estimate of drug-likeness (QED) is 0.306. The fourth-order valence-electron chi connectivity index (χ4n) is 5.14. The molecule has 0 unspecified atom stereocenters. The third-order valence-electron chi connectivity index (χ3n) is 7.46. The second-order valence-electron chi connectivity index (χ2n) is 10.4. The van der Waals surface area contributed by atoms with Gasteiger partial charge in [-0.3, -0.25) is 9.59 Å². The van der Waals surface area contributed by atoms with Gasteiger partial charge in [-0.05, 0) is 98.5 Å². The van der Waals surface area contributed by atoms with E-state index in [1.807, 2.05) is 18.2 Å². The van der Waals surface area contributed by atoms with Crippen molar-refractivity contribution in [3.8, 4) is 22.6 Å². The third kappa shape index (κ3) is 7.03. The lowest BCUT2D eigenvalue weighted by molar-refractivity contribution is -0.114. The molecular weight excluding hydrogens is 495 g/mol. The number of carbonyl (C=O) groups is 2. The van der Waals surface area contributed by atoms with E-state index in [9.17, 15) is 14.0 Å². The molecule has 0 atom stereocenters. The summed E-state index contributed by atoms with van der Waals surface area (Å²) in [5, 5.41) is 0. The van der Waals surface area contributed by atoms with Gasteiger partial charge in [0, 0.05) is 5.56 Å². The van der Waals surface area contributed by atoms with E-state index in [0.717, 1.165) is 42.0 Å². The second-order valence-corrected chi connectivity index (χ2v) is 10.4. The second kappa shape index (κ2) is 12.4. The van der Waals surface area contributed by atoms with Gasteiger partial charge in [-0.2, -0.15) is 0 Å². The van der Waals surface area contributed by atoms with E-state index in [0.29, 0.717) is 24.5 Å². The highest BCUT2D eigenvalue weighted by molar-refractivity contribution is 6.42. The van der Waals surface area contributed by atoms with Crippen molar-refractivity contribution < 1.29 is 23.5 Å². The van der Waals surface area contributed by atoms with Crippen molar-refractivity contribution in [2.24, 2.45) is 5.73 Å². The van der Waals surface area contributed by atoms with Gasteiger partial charge in [0.2, 0.25) is 5.78 Å². The Labute approximate surface area is 228 Å². The molecule has 3 aromatic carbocycles. The highest BCUT2D eigenvalue weighted by atomic mass is 19.1. The van der Waals surface area contributed by atoms with Gasteiger partial charge in [-0.15, -0.1) is 0 Å². The molecule has 39 heavy (non-hydrogen) atoms. The topological polar surface area (TPSA) is 81.9 Å². The number of amides is 1. The number of fused-ring (bicyclic) bond motifs is 1. The first-order chi connectivity index (χ1) is 19.0. The minimum Gasteiger partial charge on any atom is -0.486 e. The van der Waals surface area contributed by atoms with Crippen LogP contribution in [0.5, 0.6) is 11.5 Å². The lowest BCUT2D eigenvalue weighted by Gasteiger charge is -2.20. The maximum absolute atomic E-state index is 13.8. The number of hydrogen-bond acceptors (Lipinski definition) is 5. The predicted molar refractivity (Wildman–Crippen MR) is 149 cm³/mol. The number of hydrogen-bond donors (Lipinski definition) is 1. The minimum atomic E-state index is -0.925. The Morgan fingerprint density at radius 3 is 2.18 bits per heavy atom. The summed E-state index contributed by atoms with van der Waals surface area (Å²) in [4.78, 5) is 24.8. The number of ether oxygens (including phenoxy) is 2. The molecule has 0 aromatic heterocycles. The zero-order chi connectivity index (χ0) is 27.2. The number of Topliss-reactive ketones (excluding diaryl/α,β-unsaturated/α-hetero) is 1. The number of nitrogens with zero attached hydrogens (tertiary/aromatic N) is 1. The van der Waals surface area contributed by atoms with Crippen molar-refractivity contribution in [1.29, 1.82) is 0 Å². The van der Waals surface area contributed by atoms with Crippen LogP contribution in [-0.4, -0.2) is 49.4 Å². The summed E-state index contributed by atoms with van der Waals surface area (Å²) in [5.41, 5.74) is 9.83. The van der Waals surface area contributed by atoms with Crippen LogP contribution in [0.3, 0.4) is 0 Å². The molecule has 0 spiro atoms. The largest absolute Gasteiger partial charge is 0.486 e. The summed E-state index contributed by atoms with van der Waals surface area (Å²) in [6.45, 7) is 4.48. The standard InChI is InChI=1S/C17H15NO2.C15H20FNO2/c18-17(20)16(19)15-9-7-14(8-10-15)13-5-3-12(4-6-13)11-1-2-11;16-13-10-12(4-3-7-17-5-1-2-6-17)11-14-15(13)19-9-8-18-14/h3-11H,1-2H2,(H2,18,20);10-11H,1-9H2. The van der Waals surface area contributed by atoms with Gasteiger partial charge in [0.1, 0.15) is 13.2 Å². The van der Waals surface area contributed by atoms with E-state index in [1.165, 1.54) is 44.3 Å². The molecule has 7 heteroatoms. The van der Waals surface area contributed by atoms with Crippen molar-refractivity contribution in [3.05, 3.63) is 83.2 Å². The Hall–Kier alpha value is -3.71. The predicted octanol–water partition coefficient (Wildman–Crippen LogP) is 5.52. The summed E-state index contributed by atoms with van der Waals surface area (Å²) in [5.74, 6) is -0.294. The number of ketones is 1. The molecule has 1 aliphatic carbocycles. The molecule has 1 saturated heterocycles. The van der Waals surface area contributed by atoms with Crippen molar-refractivity contribution in [3.63, 3.8) is 0 Å². The summed E-state index contributed by atoms with van der Waals surface area (Å²) < 4.78 is 24.6. The van der Waals surface area contributed by atoms with Crippen LogP contribution in [0.4, 0.5) is 4.39 Å². The number of rotatable bonds is 8. The molecule has 6 rings (SSSR count). The van der Waals surface area contributed by atoms with Gasteiger partial charge in [-0.25, -0.2) is 4.39 Å². The molecule has 2 heterocycles. The first-order valence-electron chi connectivity index (χ1n) is 13.8. The van der Waals surface area contributed by atoms with Crippen molar-refractivity contribution in [2.75, 3.05) is 32.8 Å². The molecule has 2 aliphatic heterocycles. The van der Waals surface area contributed by atoms with Crippen LogP contribution >= 0.6 is 0 Å². The zero-order valence-electron chi connectivity index (χ0n) is 22.2. The Bertz CT molecular complexity index is 1300. The molecule has 2 fully saturated rings. The van der Waals surface area contributed by atoms with E-state index in [2.05, 4.69) is 29.2 Å². The molecule has 6 nitrogen and oxygen atoms in total. The van der Waals surface area contributed by atoms with E-state index in [4.69, 9.17) is 15.2 Å². The number of likely N-dealkylation sites (tertiary alicyclic amines) is 1. The summed E-state index contributed by atoms with van der Waals surface area (Å²) in [6.07, 6.45) is 7.19. The lowest BCUT2D eigenvalue weighted by Crippen LogP contribution is -2.22. The van der Waals surface area contributed by atoms with E-state index < -0.39 is 11.7 Å². The van der Waals surface area contributed by atoms with Gasteiger partial charge < -0.3 is 20.1 Å². The van der Waals surface area contributed by atoms with E-state index in [-0.39, 0.29) is 11.6 Å². The number of primary amides is 1. The molecule has 1 amide bonds. The minimum absolute atomic E-state index is 0.273.